The number of hydrogen-bond donors (Lipinski definition) is 3. The van der Waals surface area contributed by atoms with Gasteiger partial charge in [-0.2, -0.15) is 0 Å². The van der Waals surface area contributed by atoms with Gasteiger partial charge in [-0.05, 0) is 33.5 Å². The van der Waals surface area contributed by atoms with Crippen molar-refractivity contribution >= 4 is 38.9 Å². The minimum absolute atomic E-state index is 0.0957. The Bertz CT molecular complexity index is 1300. The summed E-state index contributed by atoms with van der Waals surface area (Å²) in [5.74, 6) is -1.15. The van der Waals surface area contributed by atoms with Crippen molar-refractivity contribution in [2.75, 3.05) is 0 Å². The molecular formula is C24H22BrN3O5. The van der Waals surface area contributed by atoms with Crippen molar-refractivity contribution in [2.45, 2.75) is 26.5 Å². The first kappa shape index (κ1) is 22.6. The number of H-pyrrole nitrogens is 1. The molecule has 4 rings (SSSR count). The number of aromatic carboxylic acids is 1. The van der Waals surface area contributed by atoms with Crippen LogP contribution in [0.4, 0.5) is 4.79 Å². The maximum absolute atomic E-state index is 12.4. The van der Waals surface area contributed by atoms with Crippen LogP contribution in [0.25, 0.3) is 22.2 Å². The van der Waals surface area contributed by atoms with Crippen LogP contribution in [0.3, 0.4) is 0 Å². The van der Waals surface area contributed by atoms with E-state index < -0.39 is 18.1 Å². The van der Waals surface area contributed by atoms with Gasteiger partial charge in [0.25, 0.3) is 0 Å². The lowest BCUT2D eigenvalue weighted by Gasteiger charge is -2.19. The van der Waals surface area contributed by atoms with Gasteiger partial charge >= 0.3 is 12.1 Å². The molecule has 0 aliphatic rings. The number of oxazole rings is 1. The summed E-state index contributed by atoms with van der Waals surface area (Å²) in [5, 5.41) is 13.3. The molecule has 2 aromatic heterocycles. The Balaban J connectivity index is 1.63. The third-order valence-corrected chi connectivity index (χ3v) is 5.84. The lowest BCUT2D eigenvalue weighted by atomic mass is 10.1. The van der Waals surface area contributed by atoms with E-state index in [1.54, 1.807) is 6.20 Å². The summed E-state index contributed by atoms with van der Waals surface area (Å²) in [6.07, 6.45) is 1.03. The first-order chi connectivity index (χ1) is 15.8. The van der Waals surface area contributed by atoms with Gasteiger partial charge in [0.15, 0.2) is 11.5 Å². The van der Waals surface area contributed by atoms with Crippen LogP contribution < -0.4 is 5.32 Å². The number of alkyl carbamates (subject to hydrolysis) is 1. The molecule has 33 heavy (non-hydrogen) atoms. The van der Waals surface area contributed by atoms with Gasteiger partial charge in [-0.3, -0.25) is 0 Å². The van der Waals surface area contributed by atoms with E-state index in [2.05, 4.69) is 31.2 Å². The van der Waals surface area contributed by atoms with Gasteiger partial charge in [-0.15, -0.1) is 0 Å². The second-order valence-corrected chi connectivity index (χ2v) is 8.68. The second-order valence-electron chi connectivity index (χ2n) is 7.83. The molecule has 3 N–H and O–H groups in total. The van der Waals surface area contributed by atoms with Gasteiger partial charge in [0.1, 0.15) is 12.6 Å². The Morgan fingerprint density at radius 2 is 1.94 bits per heavy atom. The molecule has 0 unspecified atom stereocenters. The summed E-state index contributed by atoms with van der Waals surface area (Å²) in [6.45, 7) is 3.85. The van der Waals surface area contributed by atoms with Crippen LogP contribution in [0.1, 0.15) is 41.8 Å². The number of carbonyl (C=O) groups excluding carboxylic acids is 1. The zero-order valence-corrected chi connectivity index (χ0v) is 19.5. The first-order valence-electron chi connectivity index (χ1n) is 10.3. The number of fused-ring (bicyclic) bond motifs is 1. The Kier molecular flexibility index (Phi) is 6.50. The fourth-order valence-corrected chi connectivity index (χ4v) is 3.99. The molecule has 0 radical (unpaired) electrons. The number of para-hydroxylation sites is 1. The monoisotopic (exact) mass is 511 g/mol. The van der Waals surface area contributed by atoms with E-state index in [1.165, 1.54) is 0 Å². The number of nitrogens with zero attached hydrogens (tertiary/aromatic N) is 1. The number of nitrogens with one attached hydrogen (secondary N) is 2. The summed E-state index contributed by atoms with van der Waals surface area (Å²) in [5.41, 5.74) is 2.00. The zero-order valence-electron chi connectivity index (χ0n) is 18.0. The highest BCUT2D eigenvalue weighted by Gasteiger charge is 2.30. The molecule has 0 saturated heterocycles. The maximum Gasteiger partial charge on any atom is 0.408 e. The van der Waals surface area contributed by atoms with Crippen LogP contribution in [0.2, 0.25) is 0 Å². The first-order valence-corrected chi connectivity index (χ1v) is 11.1. The number of benzene rings is 2. The average molecular weight is 512 g/mol. The zero-order chi connectivity index (χ0) is 23.5. The highest BCUT2D eigenvalue weighted by Crippen LogP contribution is 2.36. The molecule has 0 saturated carbocycles. The molecule has 0 aliphatic heterocycles. The van der Waals surface area contributed by atoms with Crippen molar-refractivity contribution in [1.29, 1.82) is 0 Å². The maximum atomic E-state index is 12.4. The molecular weight excluding hydrogens is 490 g/mol. The van der Waals surface area contributed by atoms with E-state index in [-0.39, 0.29) is 29.9 Å². The van der Waals surface area contributed by atoms with E-state index >= 15 is 0 Å². The van der Waals surface area contributed by atoms with Crippen LogP contribution in [0, 0.1) is 5.92 Å². The third-order valence-electron chi connectivity index (χ3n) is 5.17. The molecule has 8 nitrogen and oxygen atoms in total. The smallest absolute Gasteiger partial charge is 0.408 e. The van der Waals surface area contributed by atoms with Crippen molar-refractivity contribution in [2.24, 2.45) is 5.92 Å². The van der Waals surface area contributed by atoms with Crippen molar-refractivity contribution in [3.05, 3.63) is 76.3 Å². The van der Waals surface area contributed by atoms with E-state index in [1.807, 2.05) is 62.4 Å². The number of rotatable bonds is 7. The Hall–Kier alpha value is -3.59. The predicted molar refractivity (Wildman–Crippen MR) is 126 cm³/mol. The number of aromatic nitrogens is 2. The minimum atomic E-state index is -1.22. The fraction of sp³-hybridized carbons (Fsp3) is 0.208. The molecule has 2 heterocycles. The van der Waals surface area contributed by atoms with Gasteiger partial charge in [-0.25, -0.2) is 14.6 Å². The number of amides is 1. The second kappa shape index (κ2) is 9.50. The van der Waals surface area contributed by atoms with Crippen LogP contribution in [0.15, 0.2) is 63.6 Å². The summed E-state index contributed by atoms with van der Waals surface area (Å²) in [6, 6.07) is 14.2. The van der Waals surface area contributed by atoms with E-state index in [0.29, 0.717) is 5.56 Å². The van der Waals surface area contributed by atoms with Crippen molar-refractivity contribution in [3.8, 4) is 11.3 Å². The number of halogens is 1. The summed E-state index contributed by atoms with van der Waals surface area (Å²) < 4.78 is 12.1. The minimum Gasteiger partial charge on any atom is -0.476 e. The number of ether oxygens (including phenoxy) is 1. The van der Waals surface area contributed by atoms with Crippen molar-refractivity contribution < 1.29 is 23.8 Å². The molecule has 4 aromatic rings. The van der Waals surface area contributed by atoms with Crippen LogP contribution in [0.5, 0.6) is 0 Å². The topological polar surface area (TPSA) is 117 Å². The number of aromatic amines is 1. The van der Waals surface area contributed by atoms with E-state index in [4.69, 9.17) is 9.15 Å². The van der Waals surface area contributed by atoms with Gasteiger partial charge in [-0.1, -0.05) is 56.3 Å². The fourth-order valence-electron chi connectivity index (χ4n) is 3.51. The highest BCUT2D eigenvalue weighted by molar-refractivity contribution is 9.10. The van der Waals surface area contributed by atoms with E-state index in [0.717, 1.165) is 20.9 Å². The molecule has 170 valence electrons. The SMILES string of the molecule is CC(C)[C@H](NC(=O)OCc1ccccc1)c1nc(C(=O)O)c(-c2c[nH]c3c(Br)cccc23)o1. The van der Waals surface area contributed by atoms with Crippen LogP contribution >= 0.6 is 15.9 Å². The highest BCUT2D eigenvalue weighted by atomic mass is 79.9. The molecule has 0 bridgehead atoms. The molecule has 0 fully saturated rings. The molecule has 0 spiro atoms. The quantitative estimate of drug-likeness (QED) is 0.284. The van der Waals surface area contributed by atoms with Gasteiger partial charge in [0.05, 0.1) is 5.52 Å². The normalized spacial score (nSPS) is 12.1. The van der Waals surface area contributed by atoms with Crippen molar-refractivity contribution in [1.82, 2.24) is 15.3 Å². The lowest BCUT2D eigenvalue weighted by molar-refractivity contribution is 0.0691. The summed E-state index contributed by atoms with van der Waals surface area (Å²) in [4.78, 5) is 31.8. The Labute approximate surface area is 198 Å². The van der Waals surface area contributed by atoms with Crippen molar-refractivity contribution in [3.63, 3.8) is 0 Å². The molecule has 9 heteroatoms. The Morgan fingerprint density at radius 1 is 1.18 bits per heavy atom. The number of carboxylic acid groups (broad SMARTS) is 1. The Morgan fingerprint density at radius 3 is 2.64 bits per heavy atom. The summed E-state index contributed by atoms with van der Waals surface area (Å²) in [7, 11) is 0. The van der Waals surface area contributed by atoms with Gasteiger partial charge in [0, 0.05) is 21.6 Å². The summed E-state index contributed by atoms with van der Waals surface area (Å²) >= 11 is 3.48. The number of carbonyl (C=O) groups is 2. The van der Waals surface area contributed by atoms with Gasteiger partial charge in [0.2, 0.25) is 5.89 Å². The van der Waals surface area contributed by atoms with Gasteiger partial charge < -0.3 is 24.6 Å². The molecule has 0 aliphatic carbocycles. The molecule has 1 amide bonds. The molecule has 2 aromatic carbocycles. The lowest BCUT2D eigenvalue weighted by Crippen LogP contribution is -2.32. The van der Waals surface area contributed by atoms with Crippen LogP contribution in [-0.4, -0.2) is 27.1 Å². The average Bonchev–Trinajstić information content (AvgIpc) is 3.42. The predicted octanol–water partition coefficient (Wildman–Crippen LogP) is 5.91. The van der Waals surface area contributed by atoms with Crippen LogP contribution in [-0.2, 0) is 11.3 Å². The largest absolute Gasteiger partial charge is 0.476 e. The van der Waals surface area contributed by atoms with E-state index in [9.17, 15) is 14.7 Å². The standard InChI is InChI=1S/C24H22BrN3O5/c1-13(2)18(28-24(31)32-12-14-7-4-3-5-8-14)22-27-20(23(29)30)21(33-22)16-11-26-19-15(16)9-6-10-17(19)25/h3-11,13,18,26H,12H2,1-2H3,(H,28,31)(H,29,30)/t18-/m0/s1. The number of hydrogen-bond acceptors (Lipinski definition) is 5. The number of carboxylic acids is 1. The molecule has 1 atom stereocenters. The third kappa shape index (κ3) is 4.78.